The summed E-state index contributed by atoms with van der Waals surface area (Å²) in [6, 6.07) is 16.8. The highest BCUT2D eigenvalue weighted by molar-refractivity contribution is 6.30. The number of benzene rings is 3. The van der Waals surface area contributed by atoms with Gasteiger partial charge >= 0.3 is 5.97 Å². The fraction of sp³-hybridized carbons (Fsp3) is 0.321. The molecule has 0 radical (unpaired) electrons. The summed E-state index contributed by atoms with van der Waals surface area (Å²) in [6.45, 7) is 2.38. The van der Waals surface area contributed by atoms with Crippen molar-refractivity contribution in [3.05, 3.63) is 100 Å². The van der Waals surface area contributed by atoms with Gasteiger partial charge in [-0.1, -0.05) is 42.8 Å². The highest BCUT2D eigenvalue weighted by Gasteiger charge is 2.27. The van der Waals surface area contributed by atoms with Crippen LogP contribution in [0.3, 0.4) is 0 Å². The van der Waals surface area contributed by atoms with Gasteiger partial charge in [0.2, 0.25) is 0 Å². The minimum Gasteiger partial charge on any atom is -0.490 e. The smallest absolute Gasteiger partial charge is 0.338 e. The van der Waals surface area contributed by atoms with Crippen molar-refractivity contribution < 1.29 is 28.2 Å². The first-order valence-electron chi connectivity index (χ1n) is 12.0. The lowest BCUT2D eigenvalue weighted by Crippen LogP contribution is -2.47. The van der Waals surface area contributed by atoms with Crippen LogP contribution in [0.4, 0.5) is 8.78 Å². The zero-order valence-corrected chi connectivity index (χ0v) is 21.3. The van der Waals surface area contributed by atoms with Crippen LogP contribution in [0.25, 0.3) is 0 Å². The van der Waals surface area contributed by atoms with Gasteiger partial charge in [-0.3, -0.25) is 0 Å². The van der Waals surface area contributed by atoms with Gasteiger partial charge in [0, 0.05) is 30.2 Å². The number of carbonyl (C=O) groups excluding carboxylic acids is 1. The number of hydrogen-bond acceptors (Lipinski definition) is 6. The SMILES string of the molecule is CCc1cccc(CNCC(OC(=O)C(O)COc2ccc(Cl)cc2)C(N)Cc2cc(F)cc(F)c2)c1. The van der Waals surface area contributed by atoms with E-state index in [1.165, 1.54) is 17.7 Å². The van der Waals surface area contributed by atoms with Crippen molar-refractivity contribution in [1.29, 1.82) is 0 Å². The molecule has 0 aliphatic heterocycles. The molecule has 37 heavy (non-hydrogen) atoms. The summed E-state index contributed by atoms with van der Waals surface area (Å²) in [5.74, 6) is -1.94. The van der Waals surface area contributed by atoms with Crippen molar-refractivity contribution in [2.75, 3.05) is 13.2 Å². The molecule has 6 nitrogen and oxygen atoms in total. The Balaban J connectivity index is 1.63. The molecule has 3 atom stereocenters. The number of aliphatic hydroxyl groups excluding tert-OH is 1. The summed E-state index contributed by atoms with van der Waals surface area (Å²) < 4.78 is 38.3. The van der Waals surface area contributed by atoms with E-state index in [1.807, 2.05) is 18.2 Å². The van der Waals surface area contributed by atoms with Crippen LogP contribution in [0.1, 0.15) is 23.6 Å². The Bertz CT molecular complexity index is 1140. The van der Waals surface area contributed by atoms with Gasteiger partial charge in [-0.25, -0.2) is 13.6 Å². The topological polar surface area (TPSA) is 93.8 Å². The maximum atomic E-state index is 13.7. The van der Waals surface area contributed by atoms with Gasteiger partial charge in [0.05, 0.1) is 0 Å². The molecule has 198 valence electrons. The number of halogens is 3. The van der Waals surface area contributed by atoms with E-state index < -0.39 is 35.9 Å². The first-order chi connectivity index (χ1) is 17.7. The molecule has 0 bridgehead atoms. The quantitative estimate of drug-likeness (QED) is 0.286. The summed E-state index contributed by atoms with van der Waals surface area (Å²) in [4.78, 5) is 12.6. The molecular weight excluding hydrogens is 502 g/mol. The number of rotatable bonds is 13. The molecule has 0 saturated carbocycles. The Morgan fingerprint density at radius 2 is 1.70 bits per heavy atom. The molecular formula is C28H31ClF2N2O4. The summed E-state index contributed by atoms with van der Waals surface area (Å²) in [6.07, 6.45) is -1.51. The van der Waals surface area contributed by atoms with Gasteiger partial charge in [-0.2, -0.15) is 0 Å². The predicted molar refractivity (Wildman–Crippen MR) is 138 cm³/mol. The van der Waals surface area contributed by atoms with Gasteiger partial charge in [-0.15, -0.1) is 0 Å². The van der Waals surface area contributed by atoms with E-state index in [2.05, 4.69) is 18.3 Å². The van der Waals surface area contributed by atoms with Gasteiger partial charge < -0.3 is 25.6 Å². The Kier molecular flexibility index (Phi) is 10.8. The number of aliphatic hydroxyl groups is 1. The zero-order chi connectivity index (χ0) is 26.8. The molecule has 0 fully saturated rings. The molecule has 0 aromatic heterocycles. The van der Waals surface area contributed by atoms with Gasteiger partial charge in [0.1, 0.15) is 30.1 Å². The monoisotopic (exact) mass is 532 g/mol. The highest BCUT2D eigenvalue weighted by Crippen LogP contribution is 2.16. The van der Waals surface area contributed by atoms with Crippen LogP contribution in [0, 0.1) is 11.6 Å². The molecule has 0 amide bonds. The molecule has 4 N–H and O–H groups in total. The van der Waals surface area contributed by atoms with Crippen molar-refractivity contribution >= 4 is 17.6 Å². The number of carbonyl (C=O) groups is 1. The molecule has 0 aliphatic rings. The standard InChI is InChI=1S/C28H31ClF2N2O4/c1-2-18-4-3-5-19(10-18)15-33-16-27(25(32)13-20-11-22(30)14-23(31)12-20)37-28(35)26(34)17-36-24-8-6-21(29)7-9-24/h3-12,14,25-27,33-34H,2,13,15-17,32H2,1H3. The first-order valence-corrected chi connectivity index (χ1v) is 12.4. The van der Waals surface area contributed by atoms with Crippen LogP contribution < -0.4 is 15.8 Å². The number of aryl methyl sites for hydroxylation is 1. The predicted octanol–water partition coefficient (Wildman–Crippen LogP) is 4.19. The number of nitrogens with one attached hydrogen (secondary N) is 1. The molecule has 3 aromatic rings. The van der Waals surface area contributed by atoms with Crippen LogP contribution in [-0.2, 0) is 28.9 Å². The molecule has 3 rings (SSSR count). The molecule has 0 saturated heterocycles. The maximum Gasteiger partial charge on any atom is 0.338 e. The average molecular weight is 533 g/mol. The Morgan fingerprint density at radius 3 is 2.38 bits per heavy atom. The van der Waals surface area contributed by atoms with E-state index in [1.54, 1.807) is 24.3 Å². The van der Waals surface area contributed by atoms with Crippen molar-refractivity contribution in [1.82, 2.24) is 5.32 Å². The first kappa shape index (κ1) is 28.5. The third-order valence-electron chi connectivity index (χ3n) is 5.71. The third kappa shape index (κ3) is 9.40. The Hall–Kier alpha value is -3.04. The minimum absolute atomic E-state index is 0.0526. The molecule has 0 heterocycles. The second-order valence-corrected chi connectivity index (χ2v) is 9.14. The van der Waals surface area contributed by atoms with Crippen LogP contribution in [0.15, 0.2) is 66.7 Å². The van der Waals surface area contributed by atoms with E-state index in [-0.39, 0.29) is 19.6 Å². The van der Waals surface area contributed by atoms with Crippen molar-refractivity contribution in [3.8, 4) is 5.75 Å². The molecule has 0 spiro atoms. The molecule has 3 unspecified atom stereocenters. The van der Waals surface area contributed by atoms with Crippen LogP contribution in [0.2, 0.25) is 5.02 Å². The van der Waals surface area contributed by atoms with Crippen molar-refractivity contribution in [2.45, 2.75) is 44.6 Å². The maximum absolute atomic E-state index is 13.7. The third-order valence-corrected chi connectivity index (χ3v) is 5.96. The Morgan fingerprint density at radius 1 is 1.03 bits per heavy atom. The summed E-state index contributed by atoms with van der Waals surface area (Å²) in [5.41, 5.74) is 8.88. The number of esters is 1. The highest BCUT2D eigenvalue weighted by atomic mass is 35.5. The van der Waals surface area contributed by atoms with Crippen LogP contribution >= 0.6 is 11.6 Å². The molecule has 3 aromatic carbocycles. The lowest BCUT2D eigenvalue weighted by atomic mass is 10.0. The number of ether oxygens (including phenoxy) is 2. The minimum atomic E-state index is -1.57. The molecule has 9 heteroatoms. The van der Waals surface area contributed by atoms with E-state index >= 15 is 0 Å². The van der Waals surface area contributed by atoms with Crippen molar-refractivity contribution in [3.63, 3.8) is 0 Å². The van der Waals surface area contributed by atoms with Gasteiger partial charge in [0.25, 0.3) is 0 Å². The van der Waals surface area contributed by atoms with E-state index in [0.717, 1.165) is 18.1 Å². The number of hydrogen-bond donors (Lipinski definition) is 3. The average Bonchev–Trinajstić information content (AvgIpc) is 2.87. The van der Waals surface area contributed by atoms with Crippen molar-refractivity contribution in [2.24, 2.45) is 5.73 Å². The second kappa shape index (κ2) is 14.0. The lowest BCUT2D eigenvalue weighted by Gasteiger charge is -2.26. The van der Waals surface area contributed by atoms with E-state index in [0.29, 0.717) is 22.9 Å². The van der Waals surface area contributed by atoms with E-state index in [4.69, 9.17) is 26.8 Å². The zero-order valence-electron chi connectivity index (χ0n) is 20.5. The second-order valence-electron chi connectivity index (χ2n) is 8.71. The fourth-order valence-electron chi connectivity index (χ4n) is 3.73. The fourth-order valence-corrected chi connectivity index (χ4v) is 3.86. The van der Waals surface area contributed by atoms with Gasteiger partial charge in [0.15, 0.2) is 6.10 Å². The summed E-state index contributed by atoms with van der Waals surface area (Å²) >= 11 is 5.84. The van der Waals surface area contributed by atoms with Crippen LogP contribution in [-0.4, -0.2) is 42.5 Å². The Labute approximate surface area is 220 Å². The van der Waals surface area contributed by atoms with Crippen LogP contribution in [0.5, 0.6) is 5.75 Å². The van der Waals surface area contributed by atoms with E-state index in [9.17, 15) is 18.7 Å². The van der Waals surface area contributed by atoms with Gasteiger partial charge in [-0.05, 0) is 65.9 Å². The summed E-state index contributed by atoms with van der Waals surface area (Å²) in [5, 5.41) is 14.0. The largest absolute Gasteiger partial charge is 0.490 e. The molecule has 0 aliphatic carbocycles. The summed E-state index contributed by atoms with van der Waals surface area (Å²) in [7, 11) is 0. The normalized spacial score (nSPS) is 13.6. The number of nitrogens with two attached hydrogens (primary N) is 1. The lowest BCUT2D eigenvalue weighted by molar-refractivity contribution is -0.161.